The quantitative estimate of drug-likeness (QED) is 0.653. The smallest absolute Gasteiger partial charge is 0.306 e. The molecule has 0 bridgehead atoms. The van der Waals surface area contributed by atoms with Gasteiger partial charge in [-0.05, 0) is 32.5 Å². The zero-order chi connectivity index (χ0) is 15.7. The van der Waals surface area contributed by atoms with Crippen molar-refractivity contribution in [2.75, 3.05) is 19.7 Å². The van der Waals surface area contributed by atoms with Crippen molar-refractivity contribution in [1.29, 1.82) is 0 Å². The van der Waals surface area contributed by atoms with E-state index in [2.05, 4.69) is 4.98 Å². The maximum Gasteiger partial charge on any atom is 0.306 e. The Morgan fingerprint density at radius 1 is 1.24 bits per heavy atom. The average Bonchev–Trinajstić information content (AvgIpc) is 2.45. The van der Waals surface area contributed by atoms with E-state index in [1.807, 2.05) is 36.9 Å². The summed E-state index contributed by atoms with van der Waals surface area (Å²) in [7, 11) is 0. The molecule has 0 atom stereocenters. The Morgan fingerprint density at radius 2 is 2.00 bits per heavy atom. The molecule has 1 aromatic rings. The zero-order valence-corrected chi connectivity index (χ0v) is 13.1. The van der Waals surface area contributed by atoms with Gasteiger partial charge in [0.15, 0.2) is 0 Å². The number of carbonyl (C=O) groups is 2. The highest BCUT2D eigenvalue weighted by Gasteiger charge is 2.12. The monoisotopic (exact) mass is 292 g/mol. The van der Waals surface area contributed by atoms with Crippen LogP contribution < -0.4 is 0 Å². The second kappa shape index (κ2) is 9.23. The molecule has 116 valence electrons. The lowest BCUT2D eigenvalue weighted by Crippen LogP contribution is -2.30. The number of carbonyl (C=O) groups excluding carboxylic acids is 2. The average molecular weight is 292 g/mol. The molecule has 0 aromatic carbocycles. The van der Waals surface area contributed by atoms with Crippen molar-refractivity contribution in [2.45, 2.75) is 40.2 Å². The summed E-state index contributed by atoms with van der Waals surface area (Å²) in [6.07, 6.45) is 0.392. The maximum atomic E-state index is 11.9. The van der Waals surface area contributed by atoms with Gasteiger partial charge in [0.05, 0.1) is 25.3 Å². The molecule has 1 rings (SSSR count). The van der Waals surface area contributed by atoms with Gasteiger partial charge in [-0.1, -0.05) is 13.0 Å². The van der Waals surface area contributed by atoms with Crippen LogP contribution in [-0.2, 0) is 20.9 Å². The molecule has 0 aliphatic rings. The fraction of sp³-hybridized carbons (Fsp3) is 0.562. The topological polar surface area (TPSA) is 59.5 Å². The van der Waals surface area contributed by atoms with Gasteiger partial charge in [-0.2, -0.15) is 0 Å². The molecule has 0 N–H and O–H groups in total. The number of aryl methyl sites for hydroxylation is 1. The summed E-state index contributed by atoms with van der Waals surface area (Å²) in [4.78, 5) is 29.6. The molecular formula is C16H24N2O3. The number of ether oxygens (including phenoxy) is 1. The Bertz CT molecular complexity index is 474. The Balaban J connectivity index is 2.42. The SMILES string of the molecule is CCOC(=O)CCC(=O)CN(CC)Cc1cccc(C)n1. The standard InChI is InChI=1S/C16H24N2O3/c1-4-18(11-14-8-6-7-13(3)17-14)12-15(19)9-10-16(20)21-5-2/h6-8H,4-5,9-12H2,1-3H3. The van der Waals surface area contributed by atoms with E-state index in [-0.39, 0.29) is 24.6 Å². The van der Waals surface area contributed by atoms with Gasteiger partial charge in [0.1, 0.15) is 5.78 Å². The second-order valence-electron chi connectivity index (χ2n) is 4.92. The Morgan fingerprint density at radius 3 is 2.62 bits per heavy atom. The van der Waals surface area contributed by atoms with Crippen LogP contribution in [0.1, 0.15) is 38.1 Å². The molecule has 0 aliphatic heterocycles. The lowest BCUT2D eigenvalue weighted by Gasteiger charge is -2.19. The van der Waals surface area contributed by atoms with Crippen LogP contribution in [0.5, 0.6) is 0 Å². The van der Waals surface area contributed by atoms with Crippen LogP contribution in [0.15, 0.2) is 18.2 Å². The summed E-state index contributed by atoms with van der Waals surface area (Å²) in [5, 5.41) is 0. The summed E-state index contributed by atoms with van der Waals surface area (Å²) in [5.41, 5.74) is 1.92. The van der Waals surface area contributed by atoms with Gasteiger partial charge in [0, 0.05) is 18.7 Å². The Kier molecular flexibility index (Phi) is 7.61. The third-order valence-electron chi connectivity index (χ3n) is 3.09. The van der Waals surface area contributed by atoms with Crippen molar-refractivity contribution in [3.05, 3.63) is 29.6 Å². The molecule has 21 heavy (non-hydrogen) atoms. The molecular weight excluding hydrogens is 268 g/mol. The zero-order valence-electron chi connectivity index (χ0n) is 13.1. The van der Waals surface area contributed by atoms with Gasteiger partial charge >= 0.3 is 5.97 Å². The highest BCUT2D eigenvalue weighted by Crippen LogP contribution is 2.05. The normalized spacial score (nSPS) is 10.7. The molecule has 0 spiro atoms. The van der Waals surface area contributed by atoms with Crippen LogP contribution in [0.4, 0.5) is 0 Å². The van der Waals surface area contributed by atoms with Crippen LogP contribution in [0.2, 0.25) is 0 Å². The van der Waals surface area contributed by atoms with Gasteiger partial charge in [-0.15, -0.1) is 0 Å². The number of hydrogen-bond donors (Lipinski definition) is 0. The van der Waals surface area contributed by atoms with Crippen LogP contribution in [-0.4, -0.2) is 41.3 Å². The maximum absolute atomic E-state index is 11.9. The first kappa shape index (κ1) is 17.3. The third kappa shape index (κ3) is 6.99. The minimum Gasteiger partial charge on any atom is -0.466 e. The number of aromatic nitrogens is 1. The molecule has 0 unspecified atom stereocenters. The van der Waals surface area contributed by atoms with Gasteiger partial charge in [0.25, 0.3) is 0 Å². The highest BCUT2D eigenvalue weighted by molar-refractivity contribution is 5.84. The summed E-state index contributed by atoms with van der Waals surface area (Å²) in [6.45, 7) is 7.81. The van der Waals surface area contributed by atoms with Crippen molar-refractivity contribution >= 4 is 11.8 Å². The van der Waals surface area contributed by atoms with Crippen molar-refractivity contribution < 1.29 is 14.3 Å². The predicted octanol–water partition coefficient (Wildman–Crippen LogP) is 2.12. The van der Waals surface area contributed by atoms with Crippen molar-refractivity contribution in [1.82, 2.24) is 9.88 Å². The minimum absolute atomic E-state index is 0.0533. The third-order valence-corrected chi connectivity index (χ3v) is 3.09. The fourth-order valence-corrected chi connectivity index (χ4v) is 2.00. The second-order valence-corrected chi connectivity index (χ2v) is 4.92. The molecule has 5 heteroatoms. The van der Waals surface area contributed by atoms with Crippen molar-refractivity contribution in [2.24, 2.45) is 0 Å². The molecule has 0 radical (unpaired) electrons. The number of rotatable bonds is 9. The number of Topliss-reactive ketones (excluding diaryl/α,β-unsaturated/α-hetero) is 1. The van der Waals surface area contributed by atoms with E-state index in [0.717, 1.165) is 17.9 Å². The summed E-state index contributed by atoms with van der Waals surface area (Å²) in [5.74, 6) is -0.258. The first-order valence-electron chi connectivity index (χ1n) is 7.37. The van der Waals surface area contributed by atoms with E-state index in [4.69, 9.17) is 4.74 Å². The number of hydrogen-bond acceptors (Lipinski definition) is 5. The van der Waals surface area contributed by atoms with E-state index in [0.29, 0.717) is 19.7 Å². The van der Waals surface area contributed by atoms with E-state index in [9.17, 15) is 9.59 Å². The van der Waals surface area contributed by atoms with Gasteiger partial charge in [-0.25, -0.2) is 0 Å². The minimum atomic E-state index is -0.311. The van der Waals surface area contributed by atoms with E-state index < -0.39 is 0 Å². The van der Waals surface area contributed by atoms with Gasteiger partial charge in [-0.3, -0.25) is 19.5 Å². The summed E-state index contributed by atoms with van der Waals surface area (Å²) < 4.78 is 4.82. The Hall–Kier alpha value is -1.75. The molecule has 0 aliphatic carbocycles. The first-order chi connectivity index (χ1) is 10.0. The van der Waals surface area contributed by atoms with Crippen LogP contribution >= 0.6 is 0 Å². The van der Waals surface area contributed by atoms with Gasteiger partial charge < -0.3 is 4.74 Å². The summed E-state index contributed by atoms with van der Waals surface area (Å²) >= 11 is 0. The Labute approximate surface area is 126 Å². The van der Waals surface area contributed by atoms with Crippen LogP contribution in [0, 0.1) is 6.92 Å². The number of esters is 1. The lowest BCUT2D eigenvalue weighted by molar-refractivity contribution is -0.144. The molecule has 0 amide bonds. The lowest BCUT2D eigenvalue weighted by atomic mass is 10.2. The van der Waals surface area contributed by atoms with Crippen molar-refractivity contribution in [3.63, 3.8) is 0 Å². The molecule has 5 nitrogen and oxygen atoms in total. The van der Waals surface area contributed by atoms with Crippen LogP contribution in [0.3, 0.4) is 0 Å². The van der Waals surface area contributed by atoms with E-state index >= 15 is 0 Å². The molecule has 1 heterocycles. The molecule has 0 saturated carbocycles. The molecule has 0 fully saturated rings. The number of pyridine rings is 1. The van der Waals surface area contributed by atoms with Crippen LogP contribution in [0.25, 0.3) is 0 Å². The highest BCUT2D eigenvalue weighted by atomic mass is 16.5. The molecule has 0 saturated heterocycles. The largest absolute Gasteiger partial charge is 0.466 e. The first-order valence-corrected chi connectivity index (χ1v) is 7.37. The number of likely N-dealkylation sites (N-methyl/N-ethyl adjacent to an activating group) is 1. The number of nitrogens with zero attached hydrogens (tertiary/aromatic N) is 2. The van der Waals surface area contributed by atoms with Crippen molar-refractivity contribution in [3.8, 4) is 0 Å². The van der Waals surface area contributed by atoms with E-state index in [1.165, 1.54) is 0 Å². The predicted molar refractivity (Wildman–Crippen MR) is 80.8 cm³/mol. The number of ketones is 1. The van der Waals surface area contributed by atoms with Gasteiger partial charge in [0.2, 0.25) is 0 Å². The fourth-order valence-electron chi connectivity index (χ4n) is 2.00. The summed E-state index contributed by atoms with van der Waals surface area (Å²) in [6, 6.07) is 5.87. The van der Waals surface area contributed by atoms with E-state index in [1.54, 1.807) is 6.92 Å². The molecule has 1 aromatic heterocycles.